The van der Waals surface area contributed by atoms with Crippen LogP contribution in [0.15, 0.2) is 48.5 Å². The molecule has 0 aromatic heterocycles. The van der Waals surface area contributed by atoms with Crippen LogP contribution in [0.5, 0.6) is 5.75 Å². The first kappa shape index (κ1) is 19.9. The maximum atomic E-state index is 12.4. The van der Waals surface area contributed by atoms with Crippen molar-refractivity contribution in [3.63, 3.8) is 0 Å². The number of β-amino-alcohol motifs (C(OH)–C–C–N with tert-alkyl or cyclic N) is 1. The van der Waals surface area contributed by atoms with Gasteiger partial charge in [-0.25, -0.2) is 0 Å². The Morgan fingerprint density at radius 1 is 1.11 bits per heavy atom. The van der Waals surface area contributed by atoms with Crippen LogP contribution in [-0.2, 0) is 4.79 Å². The normalized spacial score (nSPS) is 19.0. The molecule has 0 unspecified atom stereocenters. The van der Waals surface area contributed by atoms with Gasteiger partial charge in [0.05, 0.1) is 5.60 Å². The van der Waals surface area contributed by atoms with Crippen molar-refractivity contribution in [1.29, 1.82) is 0 Å². The fourth-order valence-electron chi connectivity index (χ4n) is 3.16. The standard InChI is InChI=1S/C21H25N3O4/c22-19(25)12-28-18-8-6-16(7-9-18)15-2-4-17(5-3-15)20(26)24-14-21(27)10-1-11-23-13-21/h2-9,23,27H,1,10-14H2,(H2,22,25)(H,24,26)/t21-/m1/s1. The number of piperidine rings is 1. The molecule has 1 fully saturated rings. The molecule has 5 N–H and O–H groups in total. The second kappa shape index (κ2) is 8.86. The molecule has 7 nitrogen and oxygen atoms in total. The van der Waals surface area contributed by atoms with E-state index in [1.165, 1.54) is 0 Å². The molecule has 0 saturated carbocycles. The van der Waals surface area contributed by atoms with E-state index in [0.29, 0.717) is 24.3 Å². The topological polar surface area (TPSA) is 114 Å². The van der Waals surface area contributed by atoms with Crippen LogP contribution in [0.25, 0.3) is 11.1 Å². The average molecular weight is 383 g/mol. The van der Waals surface area contributed by atoms with E-state index < -0.39 is 11.5 Å². The van der Waals surface area contributed by atoms with E-state index in [4.69, 9.17) is 10.5 Å². The van der Waals surface area contributed by atoms with Crippen molar-refractivity contribution in [3.8, 4) is 16.9 Å². The van der Waals surface area contributed by atoms with Gasteiger partial charge in [-0.2, -0.15) is 0 Å². The Labute approximate surface area is 163 Å². The molecular weight excluding hydrogens is 358 g/mol. The van der Waals surface area contributed by atoms with Crippen molar-refractivity contribution >= 4 is 11.8 Å². The maximum Gasteiger partial charge on any atom is 0.255 e. The number of primary amides is 1. The highest BCUT2D eigenvalue weighted by Gasteiger charge is 2.29. The molecule has 1 atom stereocenters. The highest BCUT2D eigenvalue weighted by Crippen LogP contribution is 2.23. The van der Waals surface area contributed by atoms with Crippen molar-refractivity contribution < 1.29 is 19.4 Å². The summed E-state index contributed by atoms with van der Waals surface area (Å²) in [5.41, 5.74) is 6.63. The minimum Gasteiger partial charge on any atom is -0.484 e. The number of benzene rings is 2. The van der Waals surface area contributed by atoms with E-state index in [1.807, 2.05) is 24.3 Å². The first-order valence-corrected chi connectivity index (χ1v) is 9.28. The molecule has 148 valence electrons. The summed E-state index contributed by atoms with van der Waals surface area (Å²) in [7, 11) is 0. The zero-order valence-corrected chi connectivity index (χ0v) is 15.6. The van der Waals surface area contributed by atoms with Crippen LogP contribution in [0, 0.1) is 0 Å². The van der Waals surface area contributed by atoms with Crippen molar-refractivity contribution in [2.45, 2.75) is 18.4 Å². The van der Waals surface area contributed by atoms with Gasteiger partial charge < -0.3 is 26.2 Å². The molecule has 1 aliphatic heterocycles. The Hall–Kier alpha value is -2.90. The predicted octanol–water partition coefficient (Wildman–Crippen LogP) is 1.06. The summed E-state index contributed by atoms with van der Waals surface area (Å²) in [5.74, 6) is -0.167. The third kappa shape index (κ3) is 5.31. The van der Waals surface area contributed by atoms with E-state index in [1.54, 1.807) is 24.3 Å². The predicted molar refractivity (Wildman–Crippen MR) is 106 cm³/mol. The minimum atomic E-state index is -0.883. The summed E-state index contributed by atoms with van der Waals surface area (Å²) in [6, 6.07) is 14.5. The number of amides is 2. The van der Waals surface area contributed by atoms with E-state index in [2.05, 4.69) is 10.6 Å². The molecule has 2 amide bonds. The number of hydrogen-bond acceptors (Lipinski definition) is 5. The van der Waals surface area contributed by atoms with Gasteiger partial charge in [0.2, 0.25) is 0 Å². The van der Waals surface area contributed by atoms with Crippen LogP contribution in [0.4, 0.5) is 0 Å². The molecule has 0 radical (unpaired) electrons. The highest BCUT2D eigenvalue weighted by atomic mass is 16.5. The number of ether oxygens (including phenoxy) is 1. The van der Waals surface area contributed by atoms with Crippen LogP contribution in [-0.4, -0.2) is 48.8 Å². The Bertz CT molecular complexity index is 813. The van der Waals surface area contributed by atoms with Gasteiger partial charge in [-0.15, -0.1) is 0 Å². The van der Waals surface area contributed by atoms with E-state index in [-0.39, 0.29) is 19.1 Å². The van der Waals surface area contributed by atoms with Crippen molar-refractivity contribution in [3.05, 3.63) is 54.1 Å². The molecule has 28 heavy (non-hydrogen) atoms. The van der Waals surface area contributed by atoms with Crippen molar-refractivity contribution in [2.75, 3.05) is 26.2 Å². The Balaban J connectivity index is 1.58. The van der Waals surface area contributed by atoms with Crippen molar-refractivity contribution in [2.24, 2.45) is 5.73 Å². The maximum absolute atomic E-state index is 12.4. The Kier molecular flexibility index (Phi) is 6.28. The zero-order chi connectivity index (χ0) is 20.0. The lowest BCUT2D eigenvalue weighted by Gasteiger charge is -2.32. The van der Waals surface area contributed by atoms with Crippen molar-refractivity contribution in [1.82, 2.24) is 10.6 Å². The summed E-state index contributed by atoms with van der Waals surface area (Å²) in [4.78, 5) is 23.1. The van der Waals surface area contributed by atoms with Gasteiger partial charge in [-0.05, 0) is 54.8 Å². The summed E-state index contributed by atoms with van der Waals surface area (Å²) < 4.78 is 5.24. The molecule has 7 heteroatoms. The van der Waals surface area contributed by atoms with E-state index in [0.717, 1.165) is 24.1 Å². The molecule has 2 aromatic rings. The zero-order valence-electron chi connectivity index (χ0n) is 15.6. The van der Waals surface area contributed by atoms with Crippen LogP contribution >= 0.6 is 0 Å². The van der Waals surface area contributed by atoms with Gasteiger partial charge in [0.1, 0.15) is 5.75 Å². The van der Waals surface area contributed by atoms with Gasteiger partial charge in [-0.3, -0.25) is 9.59 Å². The molecule has 0 spiro atoms. The number of aliphatic hydroxyl groups is 1. The van der Waals surface area contributed by atoms with Crippen LogP contribution in [0.2, 0.25) is 0 Å². The summed E-state index contributed by atoms with van der Waals surface area (Å²) >= 11 is 0. The number of nitrogens with one attached hydrogen (secondary N) is 2. The number of nitrogens with two attached hydrogens (primary N) is 1. The number of rotatable bonds is 7. The minimum absolute atomic E-state index is 0.158. The summed E-state index contributed by atoms with van der Waals surface area (Å²) in [6.45, 7) is 1.46. The molecule has 2 aromatic carbocycles. The lowest BCUT2D eigenvalue weighted by atomic mass is 9.94. The van der Waals surface area contributed by atoms with Crippen LogP contribution in [0.1, 0.15) is 23.2 Å². The van der Waals surface area contributed by atoms with Crippen LogP contribution < -0.4 is 21.1 Å². The third-order valence-electron chi connectivity index (χ3n) is 4.74. The third-order valence-corrected chi connectivity index (χ3v) is 4.74. The SMILES string of the molecule is NC(=O)COc1ccc(-c2ccc(C(=O)NC[C@@]3(O)CCCNC3)cc2)cc1. The molecule has 1 heterocycles. The molecule has 1 saturated heterocycles. The Morgan fingerprint density at radius 3 is 2.32 bits per heavy atom. The second-order valence-corrected chi connectivity index (χ2v) is 7.04. The van der Waals surface area contributed by atoms with Gasteiger partial charge in [0.15, 0.2) is 6.61 Å². The highest BCUT2D eigenvalue weighted by molar-refractivity contribution is 5.94. The molecule has 0 aliphatic carbocycles. The lowest BCUT2D eigenvalue weighted by Crippen LogP contribution is -2.52. The van der Waals surface area contributed by atoms with E-state index >= 15 is 0 Å². The largest absolute Gasteiger partial charge is 0.484 e. The molecule has 0 bridgehead atoms. The number of carbonyl (C=O) groups is 2. The fourth-order valence-corrected chi connectivity index (χ4v) is 3.16. The second-order valence-electron chi connectivity index (χ2n) is 7.04. The first-order valence-electron chi connectivity index (χ1n) is 9.28. The monoisotopic (exact) mass is 383 g/mol. The lowest BCUT2D eigenvalue weighted by molar-refractivity contribution is -0.119. The number of carbonyl (C=O) groups excluding carboxylic acids is 2. The van der Waals surface area contributed by atoms with Gasteiger partial charge in [0, 0.05) is 18.7 Å². The molecule has 3 rings (SSSR count). The van der Waals surface area contributed by atoms with Gasteiger partial charge in [-0.1, -0.05) is 24.3 Å². The van der Waals surface area contributed by atoms with Gasteiger partial charge >= 0.3 is 0 Å². The number of hydrogen-bond donors (Lipinski definition) is 4. The van der Waals surface area contributed by atoms with Crippen LogP contribution in [0.3, 0.4) is 0 Å². The molecule has 1 aliphatic rings. The average Bonchev–Trinajstić information content (AvgIpc) is 2.72. The molecular formula is C21H25N3O4. The quantitative estimate of drug-likeness (QED) is 0.571. The first-order chi connectivity index (χ1) is 13.5. The summed E-state index contributed by atoms with van der Waals surface area (Å²) in [6.07, 6.45) is 1.58. The fraction of sp³-hybridized carbons (Fsp3) is 0.333. The summed E-state index contributed by atoms with van der Waals surface area (Å²) in [5, 5.41) is 16.4. The Morgan fingerprint density at radius 2 is 1.75 bits per heavy atom. The van der Waals surface area contributed by atoms with Gasteiger partial charge in [0.25, 0.3) is 11.8 Å². The van der Waals surface area contributed by atoms with E-state index in [9.17, 15) is 14.7 Å². The smallest absolute Gasteiger partial charge is 0.255 e.